The molecule has 4 heteroatoms. The average Bonchev–Trinajstić information content (AvgIpc) is 2.32. The minimum Gasteiger partial charge on any atom is -0.398 e. The highest BCUT2D eigenvalue weighted by molar-refractivity contribution is 9.10. The summed E-state index contributed by atoms with van der Waals surface area (Å²) in [5.74, 6) is 0.0591. The maximum atomic E-state index is 12.2. The molecule has 2 N–H and O–H groups in total. The minimum atomic E-state index is -0.0367. The van der Waals surface area contributed by atoms with Crippen molar-refractivity contribution in [1.29, 1.82) is 0 Å². The van der Waals surface area contributed by atoms with E-state index in [0.29, 0.717) is 17.9 Å². The van der Waals surface area contributed by atoms with Gasteiger partial charge in [0.25, 0.3) is 0 Å². The van der Waals surface area contributed by atoms with E-state index >= 15 is 0 Å². The van der Waals surface area contributed by atoms with Gasteiger partial charge in [-0.05, 0) is 31.0 Å². The molecule has 86 valence electrons. The number of nitrogens with two attached hydrogens (primary N) is 1. The fraction of sp³-hybridized carbons (Fsp3) is 0.417. The molecule has 0 amide bonds. The van der Waals surface area contributed by atoms with Gasteiger partial charge in [0.2, 0.25) is 0 Å². The van der Waals surface area contributed by atoms with Crippen molar-refractivity contribution in [2.75, 3.05) is 18.9 Å². The molecule has 0 bridgehead atoms. The number of anilines is 1. The number of hydrogen-bond donors (Lipinski definition) is 1. The first-order valence-electron chi connectivity index (χ1n) is 5.35. The number of rotatable bonds is 2. The van der Waals surface area contributed by atoms with E-state index in [1.807, 2.05) is 6.07 Å². The number of ether oxygens (including phenoxy) is 1. The Morgan fingerprint density at radius 1 is 1.50 bits per heavy atom. The Balaban J connectivity index is 2.22. The molecule has 1 atom stereocenters. The Morgan fingerprint density at radius 3 is 3.00 bits per heavy atom. The number of ketones is 1. The summed E-state index contributed by atoms with van der Waals surface area (Å²) in [7, 11) is 0. The summed E-state index contributed by atoms with van der Waals surface area (Å²) in [4.78, 5) is 12.2. The zero-order valence-electron chi connectivity index (χ0n) is 8.91. The third-order valence-corrected chi connectivity index (χ3v) is 3.31. The van der Waals surface area contributed by atoms with E-state index < -0.39 is 0 Å². The third-order valence-electron chi connectivity index (χ3n) is 2.81. The lowest BCUT2D eigenvalue weighted by Crippen LogP contribution is -2.25. The van der Waals surface area contributed by atoms with Crippen molar-refractivity contribution < 1.29 is 9.53 Å². The second-order valence-electron chi connectivity index (χ2n) is 4.01. The SMILES string of the molecule is Nc1ccc(Br)cc1C(=O)C1CCCOC1. The molecule has 16 heavy (non-hydrogen) atoms. The van der Waals surface area contributed by atoms with E-state index in [4.69, 9.17) is 10.5 Å². The molecule has 2 rings (SSSR count). The molecule has 1 aromatic carbocycles. The fourth-order valence-corrected chi connectivity index (χ4v) is 2.27. The second-order valence-corrected chi connectivity index (χ2v) is 4.93. The molecule has 1 aliphatic heterocycles. The number of Topliss-reactive ketones (excluding diaryl/α,β-unsaturated/α-hetero) is 1. The van der Waals surface area contributed by atoms with Crippen molar-refractivity contribution in [2.24, 2.45) is 5.92 Å². The maximum Gasteiger partial charge on any atom is 0.170 e. The smallest absolute Gasteiger partial charge is 0.170 e. The van der Waals surface area contributed by atoms with Crippen molar-refractivity contribution >= 4 is 27.4 Å². The van der Waals surface area contributed by atoms with E-state index in [1.165, 1.54) is 0 Å². The highest BCUT2D eigenvalue weighted by Gasteiger charge is 2.24. The van der Waals surface area contributed by atoms with Crippen LogP contribution in [0.15, 0.2) is 22.7 Å². The maximum absolute atomic E-state index is 12.2. The predicted molar refractivity (Wildman–Crippen MR) is 66.4 cm³/mol. The number of halogens is 1. The molecule has 0 aromatic heterocycles. The van der Waals surface area contributed by atoms with Crippen LogP contribution < -0.4 is 5.73 Å². The van der Waals surface area contributed by atoms with Crippen LogP contribution in [0.4, 0.5) is 5.69 Å². The lowest BCUT2D eigenvalue weighted by molar-refractivity contribution is 0.0462. The van der Waals surface area contributed by atoms with Gasteiger partial charge in [-0.25, -0.2) is 0 Å². The quantitative estimate of drug-likeness (QED) is 0.671. The molecule has 1 heterocycles. The summed E-state index contributed by atoms with van der Waals surface area (Å²) in [5.41, 5.74) is 6.96. The van der Waals surface area contributed by atoms with Gasteiger partial charge in [0.05, 0.1) is 6.61 Å². The molecule has 0 radical (unpaired) electrons. The van der Waals surface area contributed by atoms with Gasteiger partial charge in [0.1, 0.15) is 0 Å². The van der Waals surface area contributed by atoms with Crippen molar-refractivity contribution in [3.8, 4) is 0 Å². The lowest BCUT2D eigenvalue weighted by atomic mass is 9.92. The predicted octanol–water partition coefficient (Wildman–Crippen LogP) is 2.64. The topological polar surface area (TPSA) is 52.3 Å². The van der Waals surface area contributed by atoms with Crippen molar-refractivity contribution in [2.45, 2.75) is 12.8 Å². The van der Waals surface area contributed by atoms with Crippen molar-refractivity contribution in [1.82, 2.24) is 0 Å². The molecular weight excluding hydrogens is 270 g/mol. The number of carbonyl (C=O) groups is 1. The Morgan fingerprint density at radius 2 is 2.31 bits per heavy atom. The summed E-state index contributed by atoms with van der Waals surface area (Å²) in [6.07, 6.45) is 1.84. The molecule has 0 saturated carbocycles. The average molecular weight is 284 g/mol. The zero-order valence-corrected chi connectivity index (χ0v) is 10.5. The highest BCUT2D eigenvalue weighted by atomic mass is 79.9. The minimum absolute atomic E-state index is 0.0367. The Kier molecular flexibility index (Phi) is 3.61. The molecule has 1 aromatic rings. The fourth-order valence-electron chi connectivity index (χ4n) is 1.91. The van der Waals surface area contributed by atoms with Gasteiger partial charge >= 0.3 is 0 Å². The molecule has 1 unspecified atom stereocenters. The summed E-state index contributed by atoms with van der Waals surface area (Å²) in [6.45, 7) is 1.28. The standard InChI is InChI=1S/C12H14BrNO2/c13-9-3-4-11(14)10(6-9)12(15)8-2-1-5-16-7-8/h3-4,6,8H,1-2,5,7,14H2. The molecule has 3 nitrogen and oxygen atoms in total. The molecule has 1 fully saturated rings. The Bertz CT molecular complexity index is 400. The van der Waals surface area contributed by atoms with E-state index in [1.54, 1.807) is 12.1 Å². The first kappa shape index (κ1) is 11.6. The first-order chi connectivity index (χ1) is 7.68. The van der Waals surface area contributed by atoms with Crippen molar-refractivity contribution in [3.05, 3.63) is 28.2 Å². The summed E-state index contributed by atoms with van der Waals surface area (Å²) in [5, 5.41) is 0. The van der Waals surface area contributed by atoms with Crippen LogP contribution >= 0.6 is 15.9 Å². The second kappa shape index (κ2) is 4.97. The van der Waals surface area contributed by atoms with Crippen LogP contribution in [0.25, 0.3) is 0 Å². The van der Waals surface area contributed by atoms with Crippen LogP contribution in [-0.4, -0.2) is 19.0 Å². The molecular formula is C12H14BrNO2. The lowest BCUT2D eigenvalue weighted by Gasteiger charge is -2.21. The number of benzene rings is 1. The molecule has 0 aliphatic carbocycles. The van der Waals surface area contributed by atoms with Crippen molar-refractivity contribution in [3.63, 3.8) is 0 Å². The van der Waals surface area contributed by atoms with Gasteiger partial charge in [0.15, 0.2) is 5.78 Å². The van der Waals surface area contributed by atoms with E-state index in [2.05, 4.69) is 15.9 Å². The van der Waals surface area contributed by atoms with Crippen LogP contribution in [-0.2, 0) is 4.74 Å². The van der Waals surface area contributed by atoms with Gasteiger partial charge < -0.3 is 10.5 Å². The summed E-state index contributed by atoms with van der Waals surface area (Å²) >= 11 is 3.35. The summed E-state index contributed by atoms with van der Waals surface area (Å²) in [6, 6.07) is 5.37. The van der Waals surface area contributed by atoms with Crippen LogP contribution in [0.2, 0.25) is 0 Å². The highest BCUT2D eigenvalue weighted by Crippen LogP contribution is 2.25. The van der Waals surface area contributed by atoms with E-state index in [9.17, 15) is 4.79 Å². The van der Waals surface area contributed by atoms with Crippen LogP contribution in [0.5, 0.6) is 0 Å². The molecule has 0 spiro atoms. The normalized spacial score (nSPS) is 20.7. The summed E-state index contributed by atoms with van der Waals surface area (Å²) < 4.78 is 6.20. The van der Waals surface area contributed by atoms with Gasteiger partial charge in [0, 0.05) is 28.2 Å². The van der Waals surface area contributed by atoms with Crippen LogP contribution in [0.1, 0.15) is 23.2 Å². The molecule has 1 saturated heterocycles. The Hall–Kier alpha value is -0.870. The third kappa shape index (κ3) is 2.44. The molecule has 1 aliphatic rings. The van der Waals surface area contributed by atoms with Gasteiger partial charge in [-0.3, -0.25) is 4.79 Å². The van der Waals surface area contributed by atoms with Gasteiger partial charge in [-0.2, -0.15) is 0 Å². The zero-order chi connectivity index (χ0) is 11.5. The van der Waals surface area contributed by atoms with Crippen LogP contribution in [0, 0.1) is 5.92 Å². The van der Waals surface area contributed by atoms with Crippen LogP contribution in [0.3, 0.4) is 0 Å². The number of nitrogen functional groups attached to an aromatic ring is 1. The van der Waals surface area contributed by atoms with E-state index in [0.717, 1.165) is 23.9 Å². The number of carbonyl (C=O) groups excluding carboxylic acids is 1. The van der Waals surface area contributed by atoms with E-state index in [-0.39, 0.29) is 11.7 Å². The van der Waals surface area contributed by atoms with Gasteiger partial charge in [-0.1, -0.05) is 15.9 Å². The number of hydrogen-bond acceptors (Lipinski definition) is 3. The first-order valence-corrected chi connectivity index (χ1v) is 6.15. The largest absolute Gasteiger partial charge is 0.398 e. The monoisotopic (exact) mass is 283 g/mol. The Labute approximate surface area is 103 Å². The van der Waals surface area contributed by atoms with Gasteiger partial charge in [-0.15, -0.1) is 0 Å².